The first-order chi connectivity index (χ1) is 12.8. The molecule has 0 fully saturated rings. The van der Waals surface area contributed by atoms with E-state index in [9.17, 15) is 14.7 Å². The highest BCUT2D eigenvalue weighted by atomic mass is 28.3. The zero-order valence-electron chi connectivity index (χ0n) is 16.0. The van der Waals surface area contributed by atoms with Gasteiger partial charge in [0.15, 0.2) is 0 Å². The van der Waals surface area contributed by atoms with Gasteiger partial charge in [0, 0.05) is 12.0 Å². The molecule has 2 atom stereocenters. The molecule has 6 heteroatoms. The minimum absolute atomic E-state index is 0.141. The van der Waals surface area contributed by atoms with Gasteiger partial charge in [-0.15, -0.1) is 0 Å². The van der Waals surface area contributed by atoms with Crippen LogP contribution in [0.2, 0.25) is 19.6 Å². The number of hydrogen-bond donors (Lipinski definition) is 2. The Morgan fingerprint density at radius 2 is 1.56 bits per heavy atom. The van der Waals surface area contributed by atoms with Crippen LogP contribution in [0.15, 0.2) is 60.7 Å². The van der Waals surface area contributed by atoms with Crippen molar-refractivity contribution < 1.29 is 19.4 Å². The zero-order chi connectivity index (χ0) is 19.9. The van der Waals surface area contributed by atoms with Crippen molar-refractivity contribution in [2.45, 2.75) is 37.6 Å². The van der Waals surface area contributed by atoms with Crippen LogP contribution in [-0.2, 0) is 16.0 Å². The van der Waals surface area contributed by atoms with Gasteiger partial charge in [-0.25, -0.2) is 9.59 Å². The van der Waals surface area contributed by atoms with Crippen molar-refractivity contribution in [2.24, 2.45) is 0 Å². The van der Waals surface area contributed by atoms with Gasteiger partial charge in [0.1, 0.15) is 6.04 Å². The summed E-state index contributed by atoms with van der Waals surface area (Å²) < 4.78 is 5.42. The summed E-state index contributed by atoms with van der Waals surface area (Å²) >= 11 is 0. The lowest BCUT2D eigenvalue weighted by molar-refractivity contribution is -0.139. The minimum atomic E-state index is -1.64. The second-order valence-corrected chi connectivity index (χ2v) is 13.1. The lowest BCUT2D eigenvalue weighted by atomic mass is 10.1. The summed E-state index contributed by atoms with van der Waals surface area (Å²) in [6.45, 7) is 6.91. The second-order valence-electron chi connectivity index (χ2n) is 7.65. The van der Waals surface area contributed by atoms with E-state index in [1.165, 1.54) is 0 Å². The molecule has 0 aliphatic rings. The molecule has 2 aromatic carbocycles. The van der Waals surface area contributed by atoms with E-state index in [2.05, 4.69) is 25.0 Å². The average molecular weight is 386 g/mol. The molecule has 5 nitrogen and oxygen atoms in total. The molecule has 0 spiro atoms. The average Bonchev–Trinajstić information content (AvgIpc) is 2.62. The molecule has 0 aliphatic heterocycles. The van der Waals surface area contributed by atoms with Crippen molar-refractivity contribution in [1.29, 1.82) is 0 Å². The quantitative estimate of drug-likeness (QED) is 0.672. The number of carboxylic acid groups (broad SMARTS) is 1. The van der Waals surface area contributed by atoms with Gasteiger partial charge in [0.05, 0.1) is 14.7 Å². The number of rotatable bonds is 8. The highest BCUT2D eigenvalue weighted by Crippen LogP contribution is 2.27. The maximum absolute atomic E-state index is 12.2. The molecule has 1 amide bonds. The van der Waals surface area contributed by atoms with Crippen LogP contribution in [0.1, 0.15) is 16.7 Å². The van der Waals surface area contributed by atoms with E-state index in [0.717, 1.165) is 11.1 Å². The number of aliphatic carboxylic acids is 1. The molecule has 0 radical (unpaired) electrons. The molecule has 0 bridgehead atoms. The fraction of sp³-hybridized carbons (Fsp3) is 0.333. The smallest absolute Gasteiger partial charge is 0.407 e. The van der Waals surface area contributed by atoms with Crippen LogP contribution < -0.4 is 5.32 Å². The standard InChI is InChI=1S/C21H27NO4Si/c1-27(2,3)19(17-12-8-5-9-13-17)15-26-21(25)22-18(20(23)24)14-16-10-6-4-7-11-16/h4-13,18-19H,14-15H2,1-3H3,(H,22,25)(H,23,24)/t18-,19?/m0/s1. The van der Waals surface area contributed by atoms with Crippen LogP contribution >= 0.6 is 0 Å². The number of carbonyl (C=O) groups is 2. The molecular formula is C21H27NO4Si. The maximum Gasteiger partial charge on any atom is 0.407 e. The zero-order valence-corrected chi connectivity index (χ0v) is 17.0. The molecule has 2 aromatic rings. The van der Waals surface area contributed by atoms with Gasteiger partial charge in [0.25, 0.3) is 0 Å². The van der Waals surface area contributed by atoms with Crippen molar-refractivity contribution in [2.75, 3.05) is 6.61 Å². The van der Waals surface area contributed by atoms with Crippen LogP contribution in [0, 0.1) is 0 Å². The Balaban J connectivity index is 1.98. The fourth-order valence-electron chi connectivity index (χ4n) is 2.92. The van der Waals surface area contributed by atoms with Gasteiger partial charge in [-0.2, -0.15) is 0 Å². The second kappa shape index (κ2) is 9.37. The Morgan fingerprint density at radius 1 is 1.00 bits per heavy atom. The van der Waals surface area contributed by atoms with E-state index >= 15 is 0 Å². The normalized spacial score (nSPS) is 13.4. The monoisotopic (exact) mass is 385 g/mol. The third-order valence-electron chi connectivity index (χ3n) is 4.50. The number of hydrogen-bond acceptors (Lipinski definition) is 3. The Labute approximate surface area is 161 Å². The van der Waals surface area contributed by atoms with E-state index in [-0.39, 0.29) is 18.6 Å². The number of carbonyl (C=O) groups excluding carboxylic acids is 1. The summed E-state index contributed by atoms with van der Waals surface area (Å²) in [4.78, 5) is 23.7. The van der Waals surface area contributed by atoms with Crippen molar-refractivity contribution in [1.82, 2.24) is 5.32 Å². The Kier molecular flexibility index (Phi) is 7.18. The van der Waals surface area contributed by atoms with Gasteiger partial charge in [0.2, 0.25) is 0 Å². The lowest BCUT2D eigenvalue weighted by Gasteiger charge is -2.29. The third-order valence-corrected chi connectivity index (χ3v) is 7.09. The van der Waals surface area contributed by atoms with E-state index in [0.29, 0.717) is 0 Å². The number of ether oxygens (including phenoxy) is 1. The number of benzene rings is 2. The lowest BCUT2D eigenvalue weighted by Crippen LogP contribution is -2.44. The van der Waals surface area contributed by atoms with Gasteiger partial charge >= 0.3 is 12.1 Å². The summed E-state index contributed by atoms with van der Waals surface area (Å²) in [5.74, 6) is -1.08. The molecule has 0 aliphatic carbocycles. The van der Waals surface area contributed by atoms with E-state index in [1.54, 1.807) is 0 Å². The largest absolute Gasteiger partial charge is 0.480 e. The van der Waals surface area contributed by atoms with Gasteiger partial charge < -0.3 is 15.2 Å². The molecule has 27 heavy (non-hydrogen) atoms. The van der Waals surface area contributed by atoms with Crippen LogP contribution in [0.5, 0.6) is 0 Å². The molecule has 0 saturated heterocycles. The highest BCUT2D eigenvalue weighted by Gasteiger charge is 2.30. The van der Waals surface area contributed by atoms with E-state index in [1.807, 2.05) is 60.7 Å². The van der Waals surface area contributed by atoms with Crippen LogP contribution in [0.3, 0.4) is 0 Å². The minimum Gasteiger partial charge on any atom is -0.480 e. The number of alkyl carbamates (subject to hydrolysis) is 1. The molecule has 0 heterocycles. The molecule has 2 N–H and O–H groups in total. The van der Waals surface area contributed by atoms with Crippen LogP contribution in [-0.4, -0.2) is 37.9 Å². The van der Waals surface area contributed by atoms with Crippen molar-refractivity contribution in [3.05, 3.63) is 71.8 Å². The number of nitrogens with one attached hydrogen (secondary N) is 1. The summed E-state index contributed by atoms with van der Waals surface area (Å²) in [6, 6.07) is 18.2. The number of amides is 1. The highest BCUT2D eigenvalue weighted by molar-refractivity contribution is 6.77. The van der Waals surface area contributed by atoms with Crippen LogP contribution in [0.4, 0.5) is 4.79 Å². The summed E-state index contributed by atoms with van der Waals surface area (Å²) in [7, 11) is -1.64. The first kappa shape index (κ1) is 20.7. The maximum atomic E-state index is 12.2. The topological polar surface area (TPSA) is 75.6 Å². The first-order valence-corrected chi connectivity index (χ1v) is 12.6. The predicted molar refractivity (Wildman–Crippen MR) is 109 cm³/mol. The van der Waals surface area contributed by atoms with Crippen molar-refractivity contribution in [3.8, 4) is 0 Å². The van der Waals surface area contributed by atoms with Gasteiger partial charge in [-0.1, -0.05) is 80.3 Å². The van der Waals surface area contributed by atoms with Crippen LogP contribution in [0.25, 0.3) is 0 Å². The van der Waals surface area contributed by atoms with Crippen molar-refractivity contribution >= 4 is 20.1 Å². The molecule has 0 aromatic heterocycles. The SMILES string of the molecule is C[Si](C)(C)C(COC(=O)N[C@@H](Cc1ccccc1)C(=O)O)c1ccccc1. The third kappa shape index (κ3) is 6.56. The van der Waals surface area contributed by atoms with E-state index in [4.69, 9.17) is 4.74 Å². The Hall–Kier alpha value is -2.60. The Morgan fingerprint density at radius 3 is 2.07 bits per heavy atom. The molecule has 0 saturated carbocycles. The summed E-state index contributed by atoms with van der Waals surface area (Å²) in [5, 5.41) is 11.9. The number of carboxylic acids is 1. The molecular weight excluding hydrogens is 358 g/mol. The molecule has 1 unspecified atom stereocenters. The molecule has 2 rings (SSSR count). The van der Waals surface area contributed by atoms with Crippen molar-refractivity contribution in [3.63, 3.8) is 0 Å². The summed E-state index contributed by atoms with van der Waals surface area (Å²) in [6.07, 6.45) is -0.487. The van der Waals surface area contributed by atoms with E-state index < -0.39 is 26.2 Å². The van der Waals surface area contributed by atoms with Gasteiger partial charge in [-0.3, -0.25) is 0 Å². The van der Waals surface area contributed by atoms with Gasteiger partial charge in [-0.05, 0) is 11.1 Å². The molecule has 144 valence electrons. The first-order valence-electron chi connectivity index (χ1n) is 9.02. The predicted octanol–water partition coefficient (Wildman–Crippen LogP) is 4.07. The summed E-state index contributed by atoms with van der Waals surface area (Å²) in [5.41, 5.74) is 2.12. The fourth-order valence-corrected chi connectivity index (χ4v) is 4.70. The Bertz CT molecular complexity index is 744.